The molecule has 0 fully saturated rings. The van der Waals surface area contributed by atoms with E-state index in [0.29, 0.717) is 0 Å². The Morgan fingerprint density at radius 2 is 2.00 bits per heavy atom. The maximum atomic E-state index is 11.1. The van der Waals surface area contributed by atoms with Gasteiger partial charge in [0.05, 0.1) is 5.25 Å². The van der Waals surface area contributed by atoms with Crippen LogP contribution in [-0.4, -0.2) is 28.9 Å². The molecule has 72 valence electrons. The number of thiol groups is 1. The lowest BCUT2D eigenvalue weighted by molar-refractivity contribution is -0.121. The number of carbonyl (C=O) groups excluding carboxylic acids is 1. The van der Waals surface area contributed by atoms with E-state index in [4.69, 9.17) is 5.11 Å². The van der Waals surface area contributed by atoms with Crippen molar-refractivity contribution in [2.24, 2.45) is 5.92 Å². The average Bonchev–Trinajstić information content (AvgIpc) is 2.02. The summed E-state index contributed by atoms with van der Waals surface area (Å²) in [5.41, 5.74) is 0. The van der Waals surface area contributed by atoms with Crippen LogP contribution < -0.4 is 5.32 Å². The van der Waals surface area contributed by atoms with Gasteiger partial charge in [-0.15, -0.1) is 0 Å². The van der Waals surface area contributed by atoms with Gasteiger partial charge in [-0.3, -0.25) is 4.79 Å². The highest BCUT2D eigenvalue weighted by Crippen LogP contribution is 2.02. The molecule has 0 rings (SSSR count). The lowest BCUT2D eigenvalue weighted by Crippen LogP contribution is -2.41. The summed E-state index contributed by atoms with van der Waals surface area (Å²) in [4.78, 5) is 11.1. The third-order valence-electron chi connectivity index (χ3n) is 1.89. The molecule has 0 saturated carbocycles. The summed E-state index contributed by atoms with van der Waals surface area (Å²) >= 11 is 3.99. The van der Waals surface area contributed by atoms with Crippen LogP contribution in [0.25, 0.3) is 0 Å². The van der Waals surface area contributed by atoms with Gasteiger partial charge in [-0.05, 0) is 19.8 Å². The fraction of sp³-hybridized carbons (Fsp3) is 0.875. The summed E-state index contributed by atoms with van der Waals surface area (Å²) in [7, 11) is 0. The zero-order valence-corrected chi connectivity index (χ0v) is 8.64. The van der Waals surface area contributed by atoms with Gasteiger partial charge in [-0.2, -0.15) is 12.6 Å². The second-order valence-electron chi connectivity index (χ2n) is 3.13. The molecule has 3 nitrogen and oxygen atoms in total. The lowest BCUT2D eigenvalue weighted by Gasteiger charge is -2.20. The summed E-state index contributed by atoms with van der Waals surface area (Å²) < 4.78 is 0. The zero-order valence-electron chi connectivity index (χ0n) is 7.74. The van der Waals surface area contributed by atoms with Crippen LogP contribution in [0.15, 0.2) is 0 Å². The van der Waals surface area contributed by atoms with Crippen LogP contribution in [0.4, 0.5) is 0 Å². The van der Waals surface area contributed by atoms with Crippen molar-refractivity contribution in [1.82, 2.24) is 5.32 Å². The van der Waals surface area contributed by atoms with Gasteiger partial charge in [-0.25, -0.2) is 0 Å². The van der Waals surface area contributed by atoms with Crippen LogP contribution in [0.5, 0.6) is 0 Å². The van der Waals surface area contributed by atoms with E-state index in [9.17, 15) is 4.79 Å². The van der Waals surface area contributed by atoms with Crippen molar-refractivity contribution in [3.63, 3.8) is 0 Å². The van der Waals surface area contributed by atoms with Crippen LogP contribution in [0.2, 0.25) is 0 Å². The Kier molecular flexibility index (Phi) is 5.33. The second-order valence-corrected chi connectivity index (χ2v) is 3.91. The minimum absolute atomic E-state index is 0.00269. The fourth-order valence-corrected chi connectivity index (χ4v) is 0.720. The second kappa shape index (κ2) is 5.43. The number of hydrogen-bond donors (Lipinski definition) is 3. The van der Waals surface area contributed by atoms with E-state index in [0.717, 1.165) is 0 Å². The van der Waals surface area contributed by atoms with E-state index in [1.54, 1.807) is 6.92 Å². The molecular formula is C8H17NO2S. The number of rotatable bonds is 4. The van der Waals surface area contributed by atoms with Crippen molar-refractivity contribution in [1.29, 1.82) is 0 Å². The van der Waals surface area contributed by atoms with Crippen molar-refractivity contribution in [2.45, 2.75) is 32.1 Å². The average molecular weight is 191 g/mol. The molecule has 0 spiro atoms. The number of amides is 1. The zero-order chi connectivity index (χ0) is 9.72. The Hall–Kier alpha value is -0.220. The molecule has 1 amide bonds. The van der Waals surface area contributed by atoms with Gasteiger partial charge in [0, 0.05) is 12.6 Å². The molecule has 12 heavy (non-hydrogen) atoms. The smallest absolute Gasteiger partial charge is 0.232 e. The van der Waals surface area contributed by atoms with E-state index in [-0.39, 0.29) is 29.7 Å². The van der Waals surface area contributed by atoms with Gasteiger partial charge in [0.25, 0.3) is 0 Å². The Morgan fingerprint density at radius 1 is 1.50 bits per heavy atom. The SMILES string of the molecule is CC(S)C(=O)NC(C)C(C)CO. The monoisotopic (exact) mass is 191 g/mol. The van der Waals surface area contributed by atoms with Crippen LogP contribution in [-0.2, 0) is 4.79 Å². The first kappa shape index (κ1) is 11.8. The maximum absolute atomic E-state index is 11.1. The Labute approximate surface area is 79.0 Å². The topological polar surface area (TPSA) is 49.3 Å². The lowest BCUT2D eigenvalue weighted by atomic mass is 10.1. The molecule has 0 aromatic heterocycles. The van der Waals surface area contributed by atoms with Gasteiger partial charge in [-0.1, -0.05) is 6.92 Å². The normalized spacial score (nSPS) is 18.1. The molecule has 3 atom stereocenters. The highest BCUT2D eigenvalue weighted by Gasteiger charge is 2.15. The maximum Gasteiger partial charge on any atom is 0.232 e. The third-order valence-corrected chi connectivity index (χ3v) is 2.13. The molecular weight excluding hydrogens is 174 g/mol. The highest BCUT2D eigenvalue weighted by atomic mass is 32.1. The minimum atomic E-state index is -0.293. The molecule has 0 radical (unpaired) electrons. The molecule has 0 aliphatic heterocycles. The van der Waals surface area contributed by atoms with Gasteiger partial charge in [0.2, 0.25) is 5.91 Å². The van der Waals surface area contributed by atoms with Crippen molar-refractivity contribution in [2.75, 3.05) is 6.61 Å². The minimum Gasteiger partial charge on any atom is -0.396 e. The quantitative estimate of drug-likeness (QED) is 0.565. The molecule has 0 aromatic carbocycles. The first-order valence-corrected chi connectivity index (χ1v) is 4.60. The van der Waals surface area contributed by atoms with Crippen LogP contribution >= 0.6 is 12.6 Å². The van der Waals surface area contributed by atoms with Crippen molar-refractivity contribution in [3.8, 4) is 0 Å². The van der Waals surface area contributed by atoms with E-state index in [1.165, 1.54) is 0 Å². The molecule has 0 bridgehead atoms. The highest BCUT2D eigenvalue weighted by molar-refractivity contribution is 7.81. The van der Waals surface area contributed by atoms with Crippen LogP contribution in [0.1, 0.15) is 20.8 Å². The molecule has 4 heteroatoms. The molecule has 0 aliphatic carbocycles. The summed E-state index contributed by atoms with van der Waals surface area (Å²) in [6.07, 6.45) is 0. The van der Waals surface area contributed by atoms with Gasteiger partial charge in [0.1, 0.15) is 0 Å². The van der Waals surface area contributed by atoms with E-state index >= 15 is 0 Å². The molecule has 2 N–H and O–H groups in total. The van der Waals surface area contributed by atoms with Gasteiger partial charge >= 0.3 is 0 Å². The van der Waals surface area contributed by atoms with Crippen molar-refractivity contribution in [3.05, 3.63) is 0 Å². The standard InChI is InChI=1S/C8H17NO2S/c1-5(4-10)6(2)9-8(11)7(3)12/h5-7,10,12H,4H2,1-3H3,(H,9,11). The Morgan fingerprint density at radius 3 is 2.33 bits per heavy atom. The van der Waals surface area contributed by atoms with Crippen molar-refractivity contribution < 1.29 is 9.90 Å². The summed E-state index contributed by atoms with van der Waals surface area (Å²) in [5, 5.41) is 11.2. The predicted octanol–water partition coefficient (Wildman–Crippen LogP) is 0.438. The predicted molar refractivity (Wildman–Crippen MR) is 52.3 cm³/mol. The van der Waals surface area contributed by atoms with Gasteiger partial charge in [0.15, 0.2) is 0 Å². The largest absolute Gasteiger partial charge is 0.396 e. The van der Waals surface area contributed by atoms with Crippen LogP contribution in [0.3, 0.4) is 0 Å². The Bertz CT molecular complexity index is 150. The molecule has 0 heterocycles. The molecule has 0 saturated heterocycles. The van der Waals surface area contributed by atoms with E-state index in [1.807, 2.05) is 13.8 Å². The third kappa shape index (κ3) is 3.97. The fourth-order valence-electron chi connectivity index (χ4n) is 0.645. The number of nitrogens with one attached hydrogen (secondary N) is 1. The first-order valence-electron chi connectivity index (χ1n) is 4.08. The number of carbonyl (C=O) groups is 1. The van der Waals surface area contributed by atoms with E-state index in [2.05, 4.69) is 17.9 Å². The Balaban J connectivity index is 3.83. The molecule has 3 unspecified atom stereocenters. The number of aliphatic hydroxyl groups is 1. The summed E-state index contributed by atoms with van der Waals surface area (Å²) in [6, 6.07) is -0.00269. The van der Waals surface area contributed by atoms with Crippen LogP contribution in [0, 0.1) is 5.92 Å². The summed E-state index contributed by atoms with van der Waals surface area (Å²) in [6.45, 7) is 5.56. The molecule has 0 aromatic rings. The molecule has 0 aliphatic rings. The number of hydrogen-bond acceptors (Lipinski definition) is 3. The van der Waals surface area contributed by atoms with E-state index < -0.39 is 0 Å². The van der Waals surface area contributed by atoms with Gasteiger partial charge < -0.3 is 10.4 Å². The number of aliphatic hydroxyl groups excluding tert-OH is 1. The van der Waals surface area contributed by atoms with Crippen molar-refractivity contribution >= 4 is 18.5 Å². The first-order chi connectivity index (χ1) is 5.49. The summed E-state index contributed by atoms with van der Waals surface area (Å²) in [5.74, 6) is -0.00725.